The molecule has 0 unspecified atom stereocenters. The molecule has 1 aliphatic rings. The van der Waals surface area contributed by atoms with Crippen molar-refractivity contribution in [1.82, 2.24) is 0 Å². The number of aliphatic hydroxyl groups is 2. The molecule has 7 heteroatoms. The number of ketones is 1. The predicted octanol–water partition coefficient (Wildman–Crippen LogP) is 3.95. The van der Waals surface area contributed by atoms with Gasteiger partial charge in [0.25, 0.3) is 0 Å². The van der Waals surface area contributed by atoms with Gasteiger partial charge in [0.15, 0.2) is 0 Å². The monoisotopic (exact) mass is 460 g/mol. The molecule has 0 aromatic carbocycles. The highest BCUT2D eigenvalue weighted by molar-refractivity contribution is 5.83. The molecule has 0 saturated carbocycles. The molecule has 9 atom stereocenters. The van der Waals surface area contributed by atoms with Crippen molar-refractivity contribution in [3.8, 4) is 0 Å². The second-order valence-corrected chi connectivity index (χ2v) is 11.8. The van der Waals surface area contributed by atoms with Gasteiger partial charge in [0.2, 0.25) is 5.67 Å². The van der Waals surface area contributed by atoms with E-state index in [1.807, 2.05) is 34.6 Å². The van der Waals surface area contributed by atoms with E-state index in [0.717, 1.165) is 0 Å². The maximum atomic E-state index is 15.8. The number of esters is 1. The van der Waals surface area contributed by atoms with Crippen LogP contribution in [0.3, 0.4) is 0 Å². The van der Waals surface area contributed by atoms with E-state index in [-0.39, 0.29) is 23.0 Å². The zero-order valence-electron chi connectivity index (χ0n) is 21.8. The molecule has 1 rings (SSSR count). The smallest absolute Gasteiger partial charge is 0.343 e. The van der Waals surface area contributed by atoms with Gasteiger partial charge in [-0.1, -0.05) is 48.5 Å². The van der Waals surface area contributed by atoms with E-state index >= 15 is 4.39 Å². The van der Waals surface area contributed by atoms with E-state index in [2.05, 4.69) is 0 Å². The number of rotatable bonds is 1. The van der Waals surface area contributed by atoms with Crippen LogP contribution in [0.1, 0.15) is 75.7 Å². The summed E-state index contributed by atoms with van der Waals surface area (Å²) in [5, 5.41) is 21.4. The molecule has 1 heterocycles. The topological polar surface area (TPSA) is 93.1 Å². The number of ether oxygens (including phenoxy) is 2. The van der Waals surface area contributed by atoms with Gasteiger partial charge in [0, 0.05) is 24.9 Å². The largest absolute Gasteiger partial charge is 0.460 e. The van der Waals surface area contributed by atoms with Gasteiger partial charge >= 0.3 is 5.97 Å². The fourth-order valence-electron chi connectivity index (χ4n) is 5.86. The third-order valence-corrected chi connectivity index (χ3v) is 7.88. The minimum atomic E-state index is -2.32. The molecule has 0 radical (unpaired) electrons. The third kappa shape index (κ3) is 5.71. The summed E-state index contributed by atoms with van der Waals surface area (Å²) in [5.41, 5.74) is -5.36. The fraction of sp³-hybridized carbons (Fsp3) is 0.920. The molecule has 0 bridgehead atoms. The molecule has 188 valence electrons. The van der Waals surface area contributed by atoms with Crippen molar-refractivity contribution in [2.45, 2.75) is 98.6 Å². The quantitative estimate of drug-likeness (QED) is 0.576. The number of halogens is 1. The van der Waals surface area contributed by atoms with Crippen LogP contribution in [0.2, 0.25) is 0 Å². The van der Waals surface area contributed by atoms with E-state index < -0.39 is 53.3 Å². The summed E-state index contributed by atoms with van der Waals surface area (Å²) in [7, 11) is 1.59. The minimum Gasteiger partial charge on any atom is -0.460 e. The van der Waals surface area contributed by atoms with Gasteiger partial charge in [0.1, 0.15) is 18.0 Å². The Morgan fingerprint density at radius 3 is 2.03 bits per heavy atom. The Morgan fingerprint density at radius 2 is 1.59 bits per heavy atom. The van der Waals surface area contributed by atoms with Gasteiger partial charge in [-0.25, -0.2) is 9.18 Å². The van der Waals surface area contributed by atoms with Gasteiger partial charge in [-0.05, 0) is 44.4 Å². The summed E-state index contributed by atoms with van der Waals surface area (Å²) in [5.74, 6) is -3.96. The van der Waals surface area contributed by atoms with E-state index in [9.17, 15) is 19.8 Å². The van der Waals surface area contributed by atoms with E-state index in [4.69, 9.17) is 9.47 Å². The van der Waals surface area contributed by atoms with E-state index in [1.54, 1.807) is 27.9 Å². The van der Waals surface area contributed by atoms with Gasteiger partial charge < -0.3 is 19.7 Å². The molecule has 0 aromatic heterocycles. The standard InChI is InChI=1S/C25H45FO6/c1-14-12-24(9,31-11)19(22(5,6)7)15(2)17(4)25(10,26)21(29)32-13-23(8,30)20(28)16(3)18(14)27/h14-17,19-20,28,30H,12-13H2,1-11H3/t14-,15+,16+,17+,19+,20-,23-,24-,25+/m1/s1. The lowest BCUT2D eigenvalue weighted by molar-refractivity contribution is -0.184. The van der Waals surface area contributed by atoms with Crippen LogP contribution in [0.5, 0.6) is 0 Å². The molecule has 0 aromatic rings. The summed E-state index contributed by atoms with van der Waals surface area (Å²) in [6, 6.07) is 0. The number of aliphatic hydroxyl groups excluding tert-OH is 1. The lowest BCUT2D eigenvalue weighted by Gasteiger charge is -2.51. The third-order valence-electron chi connectivity index (χ3n) is 7.88. The lowest BCUT2D eigenvalue weighted by atomic mass is 9.59. The molecule has 2 N–H and O–H groups in total. The predicted molar refractivity (Wildman–Crippen MR) is 122 cm³/mol. The lowest BCUT2D eigenvalue weighted by Crippen LogP contribution is -2.56. The van der Waals surface area contributed by atoms with Crippen molar-refractivity contribution in [3.63, 3.8) is 0 Å². The first-order valence-electron chi connectivity index (χ1n) is 11.6. The maximum Gasteiger partial charge on any atom is 0.343 e. The summed E-state index contributed by atoms with van der Waals surface area (Å²) in [4.78, 5) is 25.9. The Bertz CT molecular complexity index is 682. The number of carbonyl (C=O) groups excluding carboxylic acids is 2. The van der Waals surface area contributed by atoms with Crippen molar-refractivity contribution in [3.05, 3.63) is 0 Å². The summed E-state index contributed by atoms with van der Waals surface area (Å²) < 4.78 is 27.0. The Labute approximate surface area is 193 Å². The number of Topliss-reactive ketones (excluding diaryl/α,β-unsaturated/α-hetero) is 1. The van der Waals surface area contributed by atoms with Crippen molar-refractivity contribution < 1.29 is 33.7 Å². The van der Waals surface area contributed by atoms with Crippen LogP contribution in [0.4, 0.5) is 4.39 Å². The Balaban J connectivity index is 3.66. The zero-order valence-corrected chi connectivity index (χ0v) is 21.8. The number of hydrogen-bond acceptors (Lipinski definition) is 6. The second kappa shape index (κ2) is 9.67. The van der Waals surface area contributed by atoms with Gasteiger partial charge in [-0.3, -0.25) is 4.79 Å². The van der Waals surface area contributed by atoms with Crippen LogP contribution in [0, 0.1) is 35.0 Å². The first-order chi connectivity index (χ1) is 14.2. The number of hydrogen-bond donors (Lipinski definition) is 2. The average Bonchev–Trinajstić information content (AvgIpc) is 2.67. The van der Waals surface area contributed by atoms with E-state index in [0.29, 0.717) is 6.42 Å². The molecule has 6 nitrogen and oxygen atoms in total. The van der Waals surface area contributed by atoms with Crippen LogP contribution >= 0.6 is 0 Å². The molecule has 0 spiro atoms. The molecule has 0 aliphatic carbocycles. The van der Waals surface area contributed by atoms with Crippen LogP contribution in [-0.2, 0) is 19.1 Å². The second-order valence-electron chi connectivity index (χ2n) is 11.8. The molecule has 1 saturated heterocycles. The van der Waals surface area contributed by atoms with Gasteiger partial charge in [-0.15, -0.1) is 0 Å². The highest BCUT2D eigenvalue weighted by Gasteiger charge is 2.53. The highest BCUT2D eigenvalue weighted by Crippen LogP contribution is 2.49. The molecular formula is C25H45FO6. The zero-order chi connectivity index (χ0) is 25.4. The number of carbonyl (C=O) groups is 2. The molecule has 1 fully saturated rings. The van der Waals surface area contributed by atoms with Crippen molar-refractivity contribution in [2.24, 2.45) is 35.0 Å². The fourth-order valence-corrected chi connectivity index (χ4v) is 5.86. The molecule has 1 aliphatic heterocycles. The number of alkyl halides is 1. The van der Waals surface area contributed by atoms with Crippen molar-refractivity contribution >= 4 is 11.8 Å². The van der Waals surface area contributed by atoms with Crippen LogP contribution in [0.25, 0.3) is 0 Å². The number of cyclic esters (lactones) is 1. The normalized spacial score (nSPS) is 45.8. The molecular weight excluding hydrogens is 415 g/mol. The highest BCUT2D eigenvalue weighted by atomic mass is 19.1. The molecule has 0 amide bonds. The first kappa shape index (κ1) is 29.0. The Hall–Kier alpha value is -1.05. The van der Waals surface area contributed by atoms with Crippen molar-refractivity contribution in [2.75, 3.05) is 13.7 Å². The first-order valence-corrected chi connectivity index (χ1v) is 11.6. The van der Waals surface area contributed by atoms with Crippen LogP contribution in [0.15, 0.2) is 0 Å². The Kier molecular flexibility index (Phi) is 8.76. The van der Waals surface area contributed by atoms with Crippen LogP contribution in [-0.4, -0.2) is 58.7 Å². The van der Waals surface area contributed by atoms with Gasteiger partial charge in [-0.2, -0.15) is 0 Å². The SMILES string of the molecule is CO[C@]1(C)C[C@@H](C)C(=O)[C@H](C)[C@@H](O)[C@](C)(O)COC(=O)[C@@](C)(F)[C@@H](C)[C@H](C)[C@H]1C(C)(C)C. The minimum absolute atomic E-state index is 0.209. The van der Waals surface area contributed by atoms with Crippen molar-refractivity contribution in [1.29, 1.82) is 0 Å². The number of methoxy groups -OCH3 is 1. The maximum absolute atomic E-state index is 15.8. The summed E-state index contributed by atoms with van der Waals surface area (Å²) in [6.45, 7) is 16.8. The van der Waals surface area contributed by atoms with Gasteiger partial charge in [0.05, 0.1) is 11.7 Å². The Morgan fingerprint density at radius 1 is 1.09 bits per heavy atom. The summed E-state index contributed by atoms with van der Waals surface area (Å²) in [6.07, 6.45) is -1.13. The molecule has 32 heavy (non-hydrogen) atoms. The summed E-state index contributed by atoms with van der Waals surface area (Å²) >= 11 is 0. The van der Waals surface area contributed by atoms with Crippen LogP contribution < -0.4 is 0 Å². The average molecular weight is 461 g/mol. The van der Waals surface area contributed by atoms with E-state index in [1.165, 1.54) is 13.8 Å².